The second kappa shape index (κ2) is 6.72. The second-order valence-corrected chi connectivity index (χ2v) is 5.52. The maximum atomic E-state index is 12.5. The van der Waals surface area contributed by atoms with Gasteiger partial charge in [0.1, 0.15) is 5.54 Å². The van der Waals surface area contributed by atoms with E-state index in [1.807, 2.05) is 30.3 Å². The van der Waals surface area contributed by atoms with E-state index >= 15 is 0 Å². The Hall–Kier alpha value is -1.88. The molecule has 114 valence electrons. The molecule has 0 aromatic heterocycles. The predicted molar refractivity (Wildman–Crippen MR) is 79.3 cm³/mol. The van der Waals surface area contributed by atoms with Crippen LogP contribution in [-0.4, -0.2) is 24.5 Å². The molecule has 1 saturated carbocycles. The molecule has 0 radical (unpaired) electrons. The van der Waals surface area contributed by atoms with Crippen molar-refractivity contribution in [3.8, 4) is 0 Å². The fourth-order valence-electron chi connectivity index (χ4n) is 2.91. The Morgan fingerprint density at radius 1 is 1.19 bits per heavy atom. The molecule has 0 bridgehead atoms. The number of hydrogen-bond donors (Lipinski definition) is 2. The molecule has 5 heteroatoms. The van der Waals surface area contributed by atoms with Gasteiger partial charge in [-0.15, -0.1) is 0 Å². The third-order valence-corrected chi connectivity index (χ3v) is 4.12. The molecule has 1 fully saturated rings. The molecule has 0 unspecified atom stereocenters. The first-order valence-electron chi connectivity index (χ1n) is 7.29. The van der Waals surface area contributed by atoms with E-state index in [0.29, 0.717) is 12.8 Å². The Balaban J connectivity index is 2.16. The SMILES string of the molecule is CO[C@H](C(=O)NC1(C(N)=O)CCCCC1)c1ccccc1. The molecule has 3 N–H and O–H groups in total. The van der Waals surface area contributed by atoms with Crippen LogP contribution in [0.1, 0.15) is 43.8 Å². The Kier molecular flexibility index (Phi) is 4.96. The van der Waals surface area contributed by atoms with Gasteiger partial charge in [-0.05, 0) is 18.4 Å². The van der Waals surface area contributed by atoms with Crippen LogP contribution in [0.3, 0.4) is 0 Å². The number of amides is 2. The van der Waals surface area contributed by atoms with Crippen molar-refractivity contribution in [3.63, 3.8) is 0 Å². The molecular formula is C16H22N2O3. The van der Waals surface area contributed by atoms with Crippen LogP contribution in [0, 0.1) is 0 Å². The summed E-state index contributed by atoms with van der Waals surface area (Å²) < 4.78 is 5.30. The molecule has 1 aromatic rings. The van der Waals surface area contributed by atoms with E-state index in [9.17, 15) is 9.59 Å². The molecule has 5 nitrogen and oxygen atoms in total. The summed E-state index contributed by atoms with van der Waals surface area (Å²) in [5, 5.41) is 2.84. The number of primary amides is 1. The summed E-state index contributed by atoms with van der Waals surface area (Å²) >= 11 is 0. The number of nitrogens with two attached hydrogens (primary N) is 1. The molecule has 2 rings (SSSR count). The monoisotopic (exact) mass is 290 g/mol. The molecular weight excluding hydrogens is 268 g/mol. The zero-order chi connectivity index (χ0) is 15.3. The lowest BCUT2D eigenvalue weighted by Gasteiger charge is -2.36. The minimum atomic E-state index is -0.930. The molecule has 0 aliphatic heterocycles. The zero-order valence-corrected chi connectivity index (χ0v) is 12.3. The van der Waals surface area contributed by atoms with Crippen LogP contribution in [0.5, 0.6) is 0 Å². The van der Waals surface area contributed by atoms with E-state index < -0.39 is 17.6 Å². The van der Waals surface area contributed by atoms with Crippen LogP contribution < -0.4 is 11.1 Å². The van der Waals surface area contributed by atoms with Gasteiger partial charge in [0.15, 0.2) is 6.10 Å². The Morgan fingerprint density at radius 3 is 2.33 bits per heavy atom. The maximum absolute atomic E-state index is 12.5. The highest BCUT2D eigenvalue weighted by molar-refractivity contribution is 5.92. The quantitative estimate of drug-likeness (QED) is 0.865. The van der Waals surface area contributed by atoms with E-state index in [2.05, 4.69) is 5.32 Å². The van der Waals surface area contributed by atoms with Crippen molar-refractivity contribution in [2.24, 2.45) is 5.73 Å². The van der Waals surface area contributed by atoms with E-state index in [1.165, 1.54) is 7.11 Å². The van der Waals surface area contributed by atoms with Crippen LogP contribution in [0.2, 0.25) is 0 Å². The molecule has 1 aliphatic rings. The van der Waals surface area contributed by atoms with Crippen molar-refractivity contribution in [2.75, 3.05) is 7.11 Å². The average Bonchev–Trinajstić information content (AvgIpc) is 2.50. The normalized spacial score (nSPS) is 18.7. The zero-order valence-electron chi connectivity index (χ0n) is 12.3. The van der Waals surface area contributed by atoms with Crippen molar-refractivity contribution >= 4 is 11.8 Å². The fraction of sp³-hybridized carbons (Fsp3) is 0.500. The first-order valence-corrected chi connectivity index (χ1v) is 7.29. The Bertz CT molecular complexity index is 496. The van der Waals surface area contributed by atoms with E-state index in [-0.39, 0.29) is 5.91 Å². The second-order valence-electron chi connectivity index (χ2n) is 5.52. The molecule has 1 aliphatic carbocycles. The number of ether oxygens (including phenoxy) is 1. The first-order chi connectivity index (χ1) is 10.1. The minimum Gasteiger partial charge on any atom is -0.368 e. The van der Waals surface area contributed by atoms with Gasteiger partial charge in [-0.3, -0.25) is 9.59 Å². The number of carbonyl (C=O) groups excluding carboxylic acids is 2. The molecule has 0 heterocycles. The van der Waals surface area contributed by atoms with E-state index in [4.69, 9.17) is 10.5 Å². The number of methoxy groups -OCH3 is 1. The molecule has 21 heavy (non-hydrogen) atoms. The van der Waals surface area contributed by atoms with Gasteiger partial charge in [0.05, 0.1) is 0 Å². The fourth-order valence-corrected chi connectivity index (χ4v) is 2.91. The summed E-state index contributed by atoms with van der Waals surface area (Å²) in [4.78, 5) is 24.3. The van der Waals surface area contributed by atoms with Crippen LogP contribution >= 0.6 is 0 Å². The molecule has 1 aromatic carbocycles. The minimum absolute atomic E-state index is 0.315. The van der Waals surface area contributed by atoms with Gasteiger partial charge >= 0.3 is 0 Å². The Labute approximate surface area is 124 Å². The first kappa shape index (κ1) is 15.5. The molecule has 0 spiro atoms. The number of hydrogen-bond acceptors (Lipinski definition) is 3. The number of carbonyl (C=O) groups is 2. The lowest BCUT2D eigenvalue weighted by atomic mass is 9.81. The molecule has 1 atom stereocenters. The highest BCUT2D eigenvalue weighted by Gasteiger charge is 2.40. The van der Waals surface area contributed by atoms with Crippen LogP contribution in [0.25, 0.3) is 0 Å². The smallest absolute Gasteiger partial charge is 0.254 e. The lowest BCUT2D eigenvalue weighted by molar-refractivity contribution is -0.139. The highest BCUT2D eigenvalue weighted by atomic mass is 16.5. The summed E-state index contributed by atoms with van der Waals surface area (Å²) in [5.74, 6) is -0.775. The number of benzene rings is 1. The summed E-state index contributed by atoms with van der Waals surface area (Å²) in [6.07, 6.45) is 3.32. The van der Waals surface area contributed by atoms with Crippen LogP contribution in [-0.2, 0) is 14.3 Å². The van der Waals surface area contributed by atoms with Gasteiger partial charge in [-0.2, -0.15) is 0 Å². The Morgan fingerprint density at radius 2 is 1.81 bits per heavy atom. The molecule has 0 saturated heterocycles. The summed E-state index contributed by atoms with van der Waals surface area (Å²) in [5.41, 5.74) is 5.36. The van der Waals surface area contributed by atoms with Crippen molar-refractivity contribution in [3.05, 3.63) is 35.9 Å². The van der Waals surface area contributed by atoms with Gasteiger partial charge in [-0.25, -0.2) is 0 Å². The van der Waals surface area contributed by atoms with Crippen LogP contribution in [0.4, 0.5) is 0 Å². The maximum Gasteiger partial charge on any atom is 0.254 e. The largest absolute Gasteiger partial charge is 0.368 e. The van der Waals surface area contributed by atoms with Crippen LogP contribution in [0.15, 0.2) is 30.3 Å². The average molecular weight is 290 g/mol. The number of rotatable bonds is 5. The summed E-state index contributed by atoms with van der Waals surface area (Å²) in [7, 11) is 1.48. The van der Waals surface area contributed by atoms with Crippen molar-refractivity contribution < 1.29 is 14.3 Å². The van der Waals surface area contributed by atoms with Crippen molar-refractivity contribution in [2.45, 2.75) is 43.7 Å². The van der Waals surface area contributed by atoms with Gasteiger partial charge in [-0.1, -0.05) is 49.6 Å². The van der Waals surface area contributed by atoms with Gasteiger partial charge in [0.25, 0.3) is 5.91 Å². The van der Waals surface area contributed by atoms with Gasteiger partial charge < -0.3 is 15.8 Å². The number of nitrogens with one attached hydrogen (secondary N) is 1. The lowest BCUT2D eigenvalue weighted by Crippen LogP contribution is -2.59. The van der Waals surface area contributed by atoms with Crippen molar-refractivity contribution in [1.82, 2.24) is 5.32 Å². The van der Waals surface area contributed by atoms with Crippen molar-refractivity contribution in [1.29, 1.82) is 0 Å². The third kappa shape index (κ3) is 3.42. The van der Waals surface area contributed by atoms with E-state index in [0.717, 1.165) is 24.8 Å². The summed E-state index contributed by atoms with van der Waals surface area (Å²) in [6, 6.07) is 9.22. The highest BCUT2D eigenvalue weighted by Crippen LogP contribution is 2.29. The topological polar surface area (TPSA) is 81.4 Å². The van der Waals surface area contributed by atoms with Gasteiger partial charge in [0.2, 0.25) is 5.91 Å². The van der Waals surface area contributed by atoms with E-state index in [1.54, 1.807) is 0 Å². The predicted octanol–water partition coefficient (Wildman–Crippen LogP) is 1.68. The standard InChI is InChI=1S/C16H22N2O3/c1-21-13(12-8-4-2-5-9-12)14(19)18-16(15(17)20)10-6-3-7-11-16/h2,4-5,8-9,13H,3,6-7,10-11H2,1H3,(H2,17,20)(H,18,19)/t13-/m0/s1. The third-order valence-electron chi connectivity index (χ3n) is 4.12. The molecule has 2 amide bonds. The summed E-state index contributed by atoms with van der Waals surface area (Å²) in [6.45, 7) is 0. The van der Waals surface area contributed by atoms with Gasteiger partial charge in [0, 0.05) is 7.11 Å².